The zero-order chi connectivity index (χ0) is 22.5. The number of alkyl halides is 3. The first-order valence-electron chi connectivity index (χ1n) is 9.16. The van der Waals surface area contributed by atoms with E-state index in [4.69, 9.17) is 16.3 Å². The zero-order valence-corrected chi connectivity index (χ0v) is 16.3. The summed E-state index contributed by atoms with van der Waals surface area (Å²) in [6, 6.07) is 4.34. The van der Waals surface area contributed by atoms with Gasteiger partial charge in [0.1, 0.15) is 23.1 Å². The van der Waals surface area contributed by atoms with E-state index in [2.05, 4.69) is 0 Å². The predicted molar refractivity (Wildman–Crippen MR) is 99.9 cm³/mol. The number of carbonyl (C=O) groups is 1. The summed E-state index contributed by atoms with van der Waals surface area (Å²) in [7, 11) is 0. The minimum Gasteiger partial charge on any atom is -0.452 e. The van der Waals surface area contributed by atoms with Crippen LogP contribution in [0, 0.1) is 23.0 Å². The fourth-order valence-corrected chi connectivity index (χ4v) is 4.38. The Hall–Kier alpha value is -3.06. The molecule has 0 aromatic heterocycles. The Morgan fingerprint density at radius 1 is 1.29 bits per heavy atom. The summed E-state index contributed by atoms with van der Waals surface area (Å²) in [5.41, 5.74) is -0.264. The number of hydrogen-bond donors (Lipinski definition) is 1. The lowest BCUT2D eigenvalue weighted by molar-refractivity contribution is -0.174. The number of nitriles is 1. The minimum atomic E-state index is -5.11. The molecule has 2 unspecified atom stereocenters. The van der Waals surface area contributed by atoms with Gasteiger partial charge in [-0.05, 0) is 18.9 Å². The highest BCUT2D eigenvalue weighted by Crippen LogP contribution is 2.52. The van der Waals surface area contributed by atoms with Crippen LogP contribution in [0.25, 0.3) is 0 Å². The number of fused-ring (bicyclic) bond motifs is 5. The summed E-state index contributed by atoms with van der Waals surface area (Å²) in [6.45, 7) is 0.242. The Kier molecular flexibility index (Phi) is 5.17. The van der Waals surface area contributed by atoms with Gasteiger partial charge < -0.3 is 15.0 Å². The number of nitrogens with zero attached hydrogens (tertiary/aromatic N) is 2. The summed E-state index contributed by atoms with van der Waals surface area (Å²) in [4.78, 5) is 13.2. The van der Waals surface area contributed by atoms with E-state index in [0.29, 0.717) is 6.42 Å². The molecule has 0 radical (unpaired) electrons. The minimum absolute atomic E-state index is 0.0474. The summed E-state index contributed by atoms with van der Waals surface area (Å²) in [6.07, 6.45) is -4.60. The van der Waals surface area contributed by atoms with Crippen molar-refractivity contribution < 1.29 is 31.5 Å². The number of rotatable bonds is 1. The van der Waals surface area contributed by atoms with Crippen LogP contribution < -0.4 is 15.0 Å². The van der Waals surface area contributed by atoms with Gasteiger partial charge in [-0.3, -0.25) is 4.79 Å². The Bertz CT molecular complexity index is 1120. The normalized spacial score (nSPS) is 19.8. The summed E-state index contributed by atoms with van der Waals surface area (Å²) in [5.74, 6) is -4.44. The van der Waals surface area contributed by atoms with E-state index in [-0.39, 0.29) is 40.7 Å². The standard InChI is InChI=1S/C20H13ClF5N3O2/c21-15-10(8-27)12(23)7-14-17(15)29-6-2-5-13(28-19(30)20(24,25)26)16(29)9-3-1-4-11(22)18(9)31-14/h1,3-4,7,13,16H,2,5-6H2,(H,28,30). The molecule has 0 aliphatic carbocycles. The van der Waals surface area contributed by atoms with Crippen molar-refractivity contribution in [1.29, 1.82) is 5.26 Å². The molecule has 2 aliphatic heterocycles. The van der Waals surface area contributed by atoms with Gasteiger partial charge in [-0.15, -0.1) is 0 Å². The lowest BCUT2D eigenvalue weighted by Crippen LogP contribution is -2.52. The van der Waals surface area contributed by atoms with Crippen molar-refractivity contribution in [3.8, 4) is 17.6 Å². The summed E-state index contributed by atoms with van der Waals surface area (Å²) >= 11 is 6.29. The molecular weight excluding hydrogens is 445 g/mol. The SMILES string of the molecule is N#Cc1c(F)cc2c(c1Cl)N1CCCC(NC(=O)C(F)(F)F)C1c1cccc(F)c1O2. The number of anilines is 1. The van der Waals surface area contributed by atoms with Gasteiger partial charge in [0, 0.05) is 18.2 Å². The van der Waals surface area contributed by atoms with Crippen LogP contribution in [-0.2, 0) is 4.79 Å². The average Bonchev–Trinajstić information content (AvgIpc) is 2.83. The van der Waals surface area contributed by atoms with Gasteiger partial charge in [-0.2, -0.15) is 18.4 Å². The topological polar surface area (TPSA) is 65.4 Å². The molecule has 2 heterocycles. The molecule has 31 heavy (non-hydrogen) atoms. The molecule has 0 bridgehead atoms. The maximum Gasteiger partial charge on any atom is 0.471 e. The molecule has 1 fully saturated rings. The van der Waals surface area contributed by atoms with Gasteiger partial charge in [-0.25, -0.2) is 8.78 Å². The van der Waals surface area contributed by atoms with E-state index in [1.54, 1.807) is 6.07 Å². The van der Waals surface area contributed by atoms with E-state index in [1.807, 2.05) is 5.32 Å². The number of para-hydroxylation sites is 1. The highest BCUT2D eigenvalue weighted by Gasteiger charge is 2.45. The fraction of sp³-hybridized carbons (Fsp3) is 0.300. The lowest BCUT2D eigenvalue weighted by Gasteiger charge is -2.42. The van der Waals surface area contributed by atoms with Crippen LogP contribution in [0.15, 0.2) is 24.3 Å². The molecule has 162 valence electrons. The molecule has 4 rings (SSSR count). The highest BCUT2D eigenvalue weighted by atomic mass is 35.5. The van der Waals surface area contributed by atoms with Gasteiger partial charge in [0.15, 0.2) is 17.3 Å². The number of ether oxygens (including phenoxy) is 1. The first kappa shape index (κ1) is 21.2. The number of piperidine rings is 1. The van der Waals surface area contributed by atoms with Gasteiger partial charge in [-0.1, -0.05) is 23.7 Å². The second kappa shape index (κ2) is 7.57. The van der Waals surface area contributed by atoms with Crippen molar-refractivity contribution in [3.63, 3.8) is 0 Å². The fourth-order valence-electron chi connectivity index (χ4n) is 4.04. The molecule has 0 saturated carbocycles. The Labute approximate surface area is 178 Å². The number of carbonyl (C=O) groups excluding carboxylic acids is 1. The molecule has 11 heteroatoms. The first-order chi connectivity index (χ1) is 14.6. The van der Waals surface area contributed by atoms with E-state index in [0.717, 1.165) is 12.1 Å². The molecule has 2 aromatic rings. The van der Waals surface area contributed by atoms with Crippen molar-refractivity contribution in [2.24, 2.45) is 0 Å². The van der Waals surface area contributed by atoms with Crippen LogP contribution in [0.1, 0.15) is 30.0 Å². The predicted octanol–water partition coefficient (Wildman–Crippen LogP) is 4.98. The monoisotopic (exact) mass is 457 g/mol. The molecular formula is C20H13ClF5N3O2. The maximum absolute atomic E-state index is 14.6. The van der Waals surface area contributed by atoms with Crippen molar-refractivity contribution in [3.05, 3.63) is 52.0 Å². The third-order valence-corrected chi connectivity index (χ3v) is 5.66. The lowest BCUT2D eigenvalue weighted by atomic mass is 9.89. The average molecular weight is 458 g/mol. The summed E-state index contributed by atoms with van der Waals surface area (Å²) in [5, 5.41) is 10.9. The van der Waals surface area contributed by atoms with Gasteiger partial charge in [0.05, 0.1) is 17.1 Å². The van der Waals surface area contributed by atoms with Crippen LogP contribution in [0.2, 0.25) is 5.02 Å². The van der Waals surface area contributed by atoms with Crippen molar-refractivity contribution >= 4 is 23.2 Å². The first-order valence-corrected chi connectivity index (χ1v) is 9.54. The summed E-state index contributed by atoms with van der Waals surface area (Å²) < 4.78 is 73.3. The third-order valence-electron chi connectivity index (χ3n) is 5.29. The zero-order valence-electron chi connectivity index (χ0n) is 15.6. The smallest absolute Gasteiger partial charge is 0.452 e. The maximum atomic E-state index is 14.6. The van der Waals surface area contributed by atoms with Crippen molar-refractivity contribution in [2.45, 2.75) is 31.1 Å². The number of benzene rings is 2. The van der Waals surface area contributed by atoms with Crippen LogP contribution in [0.4, 0.5) is 27.6 Å². The number of nitrogens with one attached hydrogen (secondary N) is 1. The number of hydrogen-bond acceptors (Lipinski definition) is 4. The Balaban J connectivity index is 1.93. The quantitative estimate of drug-likeness (QED) is 0.613. The largest absolute Gasteiger partial charge is 0.471 e. The van der Waals surface area contributed by atoms with Crippen LogP contribution in [-0.4, -0.2) is 24.7 Å². The second-order valence-corrected chi connectivity index (χ2v) is 7.50. The van der Waals surface area contributed by atoms with E-state index in [1.165, 1.54) is 17.0 Å². The van der Waals surface area contributed by atoms with Crippen molar-refractivity contribution in [1.82, 2.24) is 5.32 Å². The Morgan fingerprint density at radius 2 is 2.03 bits per heavy atom. The van der Waals surface area contributed by atoms with E-state index >= 15 is 0 Å². The Morgan fingerprint density at radius 3 is 2.71 bits per heavy atom. The molecule has 0 spiro atoms. The van der Waals surface area contributed by atoms with E-state index in [9.17, 15) is 32.0 Å². The van der Waals surface area contributed by atoms with Crippen LogP contribution >= 0.6 is 11.6 Å². The number of amides is 1. The molecule has 1 N–H and O–H groups in total. The van der Waals surface area contributed by atoms with Crippen LogP contribution in [0.5, 0.6) is 11.5 Å². The number of halogens is 6. The molecule has 2 atom stereocenters. The molecule has 1 amide bonds. The third kappa shape index (κ3) is 3.53. The van der Waals surface area contributed by atoms with Gasteiger partial charge in [0.25, 0.3) is 0 Å². The van der Waals surface area contributed by atoms with Crippen LogP contribution in [0.3, 0.4) is 0 Å². The molecule has 1 saturated heterocycles. The van der Waals surface area contributed by atoms with Crippen molar-refractivity contribution in [2.75, 3.05) is 11.4 Å². The molecule has 5 nitrogen and oxygen atoms in total. The second-order valence-electron chi connectivity index (χ2n) is 7.12. The molecule has 2 aliphatic rings. The van der Waals surface area contributed by atoms with Gasteiger partial charge in [0.2, 0.25) is 0 Å². The van der Waals surface area contributed by atoms with Gasteiger partial charge >= 0.3 is 12.1 Å². The highest BCUT2D eigenvalue weighted by molar-refractivity contribution is 6.35. The van der Waals surface area contributed by atoms with E-state index < -0.39 is 41.4 Å². The molecule has 2 aromatic carbocycles.